The zero-order valence-corrected chi connectivity index (χ0v) is 7.96. The third-order valence-electron chi connectivity index (χ3n) is 2.41. The molecular formula is C12H12N2. The van der Waals surface area contributed by atoms with Crippen LogP contribution in [-0.2, 0) is 6.42 Å². The Morgan fingerprint density at radius 1 is 1.29 bits per heavy atom. The van der Waals surface area contributed by atoms with Gasteiger partial charge in [-0.05, 0) is 24.5 Å². The van der Waals surface area contributed by atoms with Crippen LogP contribution < -0.4 is 0 Å². The van der Waals surface area contributed by atoms with E-state index < -0.39 is 0 Å². The normalized spacial score (nSPS) is 10.2. The average molecular weight is 184 g/mol. The fraction of sp³-hybridized carbons (Fsp3) is 0.250. The average Bonchev–Trinajstić information content (AvgIpc) is 2.63. The van der Waals surface area contributed by atoms with Gasteiger partial charge in [0, 0.05) is 23.5 Å². The Hall–Kier alpha value is -1.75. The number of para-hydroxylation sites is 1. The van der Waals surface area contributed by atoms with Crippen LogP contribution in [0.15, 0.2) is 30.5 Å². The van der Waals surface area contributed by atoms with Crippen molar-refractivity contribution in [3.63, 3.8) is 0 Å². The molecule has 0 radical (unpaired) electrons. The Morgan fingerprint density at radius 2 is 2.14 bits per heavy atom. The van der Waals surface area contributed by atoms with Crippen molar-refractivity contribution in [3.8, 4) is 6.07 Å². The first-order valence-corrected chi connectivity index (χ1v) is 4.84. The summed E-state index contributed by atoms with van der Waals surface area (Å²) >= 11 is 0. The molecule has 2 aromatic rings. The van der Waals surface area contributed by atoms with Crippen molar-refractivity contribution in [1.82, 2.24) is 4.98 Å². The van der Waals surface area contributed by atoms with Gasteiger partial charge >= 0.3 is 0 Å². The molecule has 0 saturated heterocycles. The number of aromatic nitrogens is 1. The number of aryl methyl sites for hydroxylation is 1. The first-order valence-electron chi connectivity index (χ1n) is 4.84. The minimum absolute atomic E-state index is 0.638. The number of hydrogen-bond acceptors (Lipinski definition) is 1. The van der Waals surface area contributed by atoms with E-state index in [0.717, 1.165) is 12.8 Å². The van der Waals surface area contributed by atoms with Crippen LogP contribution in [0, 0.1) is 11.3 Å². The van der Waals surface area contributed by atoms with Crippen LogP contribution in [0.1, 0.15) is 18.4 Å². The monoisotopic (exact) mass is 184 g/mol. The Labute approximate surface area is 83.2 Å². The number of aromatic amines is 1. The van der Waals surface area contributed by atoms with E-state index in [-0.39, 0.29) is 0 Å². The molecule has 70 valence electrons. The van der Waals surface area contributed by atoms with Gasteiger partial charge < -0.3 is 4.98 Å². The summed E-state index contributed by atoms with van der Waals surface area (Å²) in [6, 6.07) is 10.4. The minimum Gasteiger partial charge on any atom is -0.361 e. The van der Waals surface area contributed by atoms with Gasteiger partial charge in [-0.25, -0.2) is 0 Å². The Kier molecular flexibility index (Phi) is 2.51. The Morgan fingerprint density at radius 3 is 3.00 bits per heavy atom. The zero-order valence-electron chi connectivity index (χ0n) is 7.96. The second kappa shape index (κ2) is 3.97. The maximum atomic E-state index is 8.45. The third kappa shape index (κ3) is 1.62. The lowest BCUT2D eigenvalue weighted by Crippen LogP contribution is -1.81. The number of unbranched alkanes of at least 4 members (excludes halogenated alkanes) is 1. The molecule has 1 heterocycles. The standard InChI is InChI=1S/C12H12N2/c13-8-4-3-5-10-9-14-12-7-2-1-6-11(10)12/h1-2,6-7,9,14H,3-5H2. The van der Waals surface area contributed by atoms with E-state index in [1.54, 1.807) is 0 Å². The van der Waals surface area contributed by atoms with E-state index in [2.05, 4.69) is 23.2 Å². The molecule has 0 spiro atoms. The molecule has 0 bridgehead atoms. The lowest BCUT2D eigenvalue weighted by Gasteiger charge is -1.95. The van der Waals surface area contributed by atoms with Gasteiger partial charge in [0.05, 0.1) is 6.07 Å². The van der Waals surface area contributed by atoms with Crippen LogP contribution in [0.2, 0.25) is 0 Å². The molecule has 14 heavy (non-hydrogen) atoms. The van der Waals surface area contributed by atoms with Crippen molar-refractivity contribution < 1.29 is 0 Å². The molecular weight excluding hydrogens is 172 g/mol. The molecule has 0 saturated carbocycles. The molecule has 0 unspecified atom stereocenters. The van der Waals surface area contributed by atoms with E-state index >= 15 is 0 Å². The van der Waals surface area contributed by atoms with Crippen molar-refractivity contribution in [2.45, 2.75) is 19.3 Å². The van der Waals surface area contributed by atoms with Gasteiger partial charge in [0.2, 0.25) is 0 Å². The molecule has 0 fully saturated rings. The van der Waals surface area contributed by atoms with E-state index in [1.165, 1.54) is 16.5 Å². The third-order valence-corrected chi connectivity index (χ3v) is 2.41. The summed E-state index contributed by atoms with van der Waals surface area (Å²) < 4.78 is 0. The van der Waals surface area contributed by atoms with E-state index in [1.807, 2.05) is 18.3 Å². The first-order chi connectivity index (χ1) is 6.92. The fourth-order valence-electron chi connectivity index (χ4n) is 1.70. The number of nitrogens with zero attached hydrogens (tertiary/aromatic N) is 1. The van der Waals surface area contributed by atoms with Gasteiger partial charge in [0.1, 0.15) is 0 Å². The Balaban J connectivity index is 2.22. The highest BCUT2D eigenvalue weighted by Gasteiger charge is 2.01. The molecule has 2 rings (SSSR count). The van der Waals surface area contributed by atoms with Crippen LogP contribution in [0.4, 0.5) is 0 Å². The van der Waals surface area contributed by atoms with Gasteiger partial charge in [0.25, 0.3) is 0 Å². The second-order valence-corrected chi connectivity index (χ2v) is 3.37. The minimum atomic E-state index is 0.638. The number of H-pyrrole nitrogens is 1. The highest BCUT2D eigenvalue weighted by Crippen LogP contribution is 2.19. The maximum absolute atomic E-state index is 8.45. The smallest absolute Gasteiger partial charge is 0.0621 e. The SMILES string of the molecule is N#CCCCc1c[nH]c2ccccc12. The molecule has 1 N–H and O–H groups in total. The lowest BCUT2D eigenvalue weighted by molar-refractivity contribution is 0.855. The van der Waals surface area contributed by atoms with Crippen molar-refractivity contribution in [2.75, 3.05) is 0 Å². The highest BCUT2D eigenvalue weighted by molar-refractivity contribution is 5.82. The van der Waals surface area contributed by atoms with Crippen LogP contribution in [0.5, 0.6) is 0 Å². The largest absolute Gasteiger partial charge is 0.361 e. The van der Waals surface area contributed by atoms with Crippen molar-refractivity contribution >= 4 is 10.9 Å². The number of fused-ring (bicyclic) bond motifs is 1. The van der Waals surface area contributed by atoms with Crippen LogP contribution in [0.3, 0.4) is 0 Å². The van der Waals surface area contributed by atoms with Crippen LogP contribution in [-0.4, -0.2) is 4.98 Å². The molecule has 1 aromatic heterocycles. The van der Waals surface area contributed by atoms with E-state index in [4.69, 9.17) is 5.26 Å². The quantitative estimate of drug-likeness (QED) is 0.732. The topological polar surface area (TPSA) is 39.6 Å². The molecule has 1 aromatic carbocycles. The zero-order chi connectivity index (χ0) is 9.80. The van der Waals surface area contributed by atoms with Gasteiger partial charge in [-0.2, -0.15) is 5.26 Å². The summed E-state index contributed by atoms with van der Waals surface area (Å²) in [6.07, 6.45) is 4.61. The predicted molar refractivity (Wildman–Crippen MR) is 56.8 cm³/mol. The summed E-state index contributed by atoms with van der Waals surface area (Å²) in [5.41, 5.74) is 2.50. The van der Waals surface area contributed by atoms with E-state index in [9.17, 15) is 0 Å². The van der Waals surface area contributed by atoms with Crippen molar-refractivity contribution in [2.24, 2.45) is 0 Å². The molecule has 0 atom stereocenters. The highest BCUT2D eigenvalue weighted by atomic mass is 14.7. The second-order valence-electron chi connectivity index (χ2n) is 3.37. The van der Waals surface area contributed by atoms with Crippen molar-refractivity contribution in [3.05, 3.63) is 36.0 Å². The maximum Gasteiger partial charge on any atom is 0.0621 e. The predicted octanol–water partition coefficient (Wildman–Crippen LogP) is 3.01. The van der Waals surface area contributed by atoms with Crippen LogP contribution in [0.25, 0.3) is 10.9 Å². The molecule has 0 amide bonds. The molecule has 2 nitrogen and oxygen atoms in total. The number of nitrogens with one attached hydrogen (secondary N) is 1. The number of rotatable bonds is 3. The first kappa shape index (κ1) is 8.83. The summed E-state index contributed by atoms with van der Waals surface area (Å²) in [5.74, 6) is 0. The summed E-state index contributed by atoms with van der Waals surface area (Å²) in [6.45, 7) is 0. The Bertz CT molecular complexity index is 462. The lowest BCUT2D eigenvalue weighted by atomic mass is 10.1. The van der Waals surface area contributed by atoms with E-state index in [0.29, 0.717) is 6.42 Å². The molecule has 0 aliphatic heterocycles. The molecule has 0 aliphatic rings. The summed E-state index contributed by atoms with van der Waals surface area (Å²) in [4.78, 5) is 3.23. The summed E-state index contributed by atoms with van der Waals surface area (Å²) in [7, 11) is 0. The summed E-state index contributed by atoms with van der Waals surface area (Å²) in [5, 5.41) is 9.73. The molecule has 0 aliphatic carbocycles. The van der Waals surface area contributed by atoms with Gasteiger partial charge in [-0.15, -0.1) is 0 Å². The van der Waals surface area contributed by atoms with Gasteiger partial charge in [-0.3, -0.25) is 0 Å². The number of hydrogen-bond donors (Lipinski definition) is 1. The number of nitriles is 1. The van der Waals surface area contributed by atoms with Gasteiger partial charge in [0.15, 0.2) is 0 Å². The molecule has 2 heteroatoms. The van der Waals surface area contributed by atoms with Gasteiger partial charge in [-0.1, -0.05) is 18.2 Å². The van der Waals surface area contributed by atoms with Crippen LogP contribution >= 0.6 is 0 Å². The fourth-order valence-corrected chi connectivity index (χ4v) is 1.70. The number of benzene rings is 1. The van der Waals surface area contributed by atoms with Crippen molar-refractivity contribution in [1.29, 1.82) is 5.26 Å².